The number of aromatic nitrogens is 2. The van der Waals surface area contributed by atoms with Gasteiger partial charge in [0, 0.05) is 25.8 Å². The molecule has 0 N–H and O–H groups in total. The second kappa shape index (κ2) is 6.82. The molecule has 0 saturated carbocycles. The fraction of sp³-hybridized carbons (Fsp3) is 0.714. The molecule has 0 amide bonds. The lowest BCUT2D eigenvalue weighted by Gasteiger charge is -2.22. The van der Waals surface area contributed by atoms with Crippen LogP contribution in [0.4, 0.5) is 0 Å². The van der Waals surface area contributed by atoms with Gasteiger partial charge >= 0.3 is 0 Å². The van der Waals surface area contributed by atoms with Gasteiger partial charge in [0.15, 0.2) is 12.1 Å². The lowest BCUT2D eigenvalue weighted by atomic mass is 10.1. The summed E-state index contributed by atoms with van der Waals surface area (Å²) in [6.45, 7) is 3.27. The standard InChI is InChI=1S/C14H22N2O3/c1-11-14(15-10-16(11)2)12(17)6-5-9-19-13-7-3-4-8-18-13/h10,13H,3-9H2,1-2H3. The molecule has 1 fully saturated rings. The zero-order valence-corrected chi connectivity index (χ0v) is 11.7. The Hall–Kier alpha value is -1.20. The summed E-state index contributed by atoms with van der Waals surface area (Å²) in [5, 5.41) is 0. The molecule has 2 heterocycles. The molecule has 0 spiro atoms. The summed E-state index contributed by atoms with van der Waals surface area (Å²) in [6.07, 6.45) is 6.05. The molecule has 1 aliphatic rings. The highest BCUT2D eigenvalue weighted by Gasteiger charge is 2.15. The van der Waals surface area contributed by atoms with Gasteiger partial charge in [-0.25, -0.2) is 4.98 Å². The van der Waals surface area contributed by atoms with Crippen LogP contribution in [-0.2, 0) is 16.5 Å². The molecule has 1 aromatic heterocycles. The predicted octanol–water partition coefficient (Wildman–Crippen LogP) is 2.23. The van der Waals surface area contributed by atoms with Crippen molar-refractivity contribution in [2.45, 2.75) is 45.3 Å². The topological polar surface area (TPSA) is 53.4 Å². The van der Waals surface area contributed by atoms with Gasteiger partial charge in [-0.05, 0) is 32.6 Å². The van der Waals surface area contributed by atoms with E-state index < -0.39 is 0 Å². The summed E-state index contributed by atoms with van der Waals surface area (Å²) in [7, 11) is 1.89. The minimum absolute atomic E-state index is 0.0690. The van der Waals surface area contributed by atoms with Crippen molar-refractivity contribution in [2.75, 3.05) is 13.2 Å². The maximum atomic E-state index is 12.0. The first kappa shape index (κ1) is 14.2. The minimum Gasteiger partial charge on any atom is -0.353 e. The number of aryl methyl sites for hydroxylation is 1. The summed E-state index contributed by atoms with van der Waals surface area (Å²) in [5.41, 5.74) is 1.50. The second-order valence-electron chi connectivity index (χ2n) is 4.98. The number of hydrogen-bond acceptors (Lipinski definition) is 4. The molecule has 0 radical (unpaired) electrons. The molecule has 5 nitrogen and oxygen atoms in total. The van der Waals surface area contributed by atoms with Crippen molar-refractivity contribution in [1.29, 1.82) is 0 Å². The zero-order valence-electron chi connectivity index (χ0n) is 11.7. The predicted molar refractivity (Wildman–Crippen MR) is 71.1 cm³/mol. The van der Waals surface area contributed by atoms with Gasteiger partial charge in [0.1, 0.15) is 5.69 Å². The van der Waals surface area contributed by atoms with Crippen LogP contribution < -0.4 is 0 Å². The first-order valence-electron chi connectivity index (χ1n) is 6.93. The number of nitrogens with zero attached hydrogens (tertiary/aromatic N) is 2. The van der Waals surface area contributed by atoms with Crippen LogP contribution in [-0.4, -0.2) is 34.8 Å². The molecule has 0 aromatic carbocycles. The van der Waals surface area contributed by atoms with E-state index in [0.717, 1.165) is 31.6 Å². The smallest absolute Gasteiger partial charge is 0.183 e. The Kier molecular flexibility index (Phi) is 5.10. The number of rotatable bonds is 6. The summed E-state index contributed by atoms with van der Waals surface area (Å²) in [4.78, 5) is 16.1. The van der Waals surface area contributed by atoms with Gasteiger partial charge in [-0.1, -0.05) is 0 Å². The minimum atomic E-state index is -0.0690. The monoisotopic (exact) mass is 266 g/mol. The van der Waals surface area contributed by atoms with Gasteiger partial charge in [-0.2, -0.15) is 0 Å². The molecule has 106 valence electrons. The highest BCUT2D eigenvalue weighted by molar-refractivity contribution is 5.95. The Balaban J connectivity index is 1.68. The van der Waals surface area contributed by atoms with Crippen LogP contribution in [0, 0.1) is 6.92 Å². The molecule has 1 aliphatic heterocycles. The fourth-order valence-electron chi connectivity index (χ4n) is 2.17. The van der Waals surface area contributed by atoms with E-state index in [9.17, 15) is 4.79 Å². The number of ether oxygens (including phenoxy) is 2. The van der Waals surface area contributed by atoms with Crippen LogP contribution in [0.5, 0.6) is 0 Å². The zero-order chi connectivity index (χ0) is 13.7. The Bertz CT molecular complexity index is 422. The molecular formula is C14H22N2O3. The molecule has 0 bridgehead atoms. The molecule has 1 saturated heterocycles. The molecule has 19 heavy (non-hydrogen) atoms. The van der Waals surface area contributed by atoms with E-state index in [0.29, 0.717) is 25.1 Å². The van der Waals surface area contributed by atoms with Crippen molar-refractivity contribution in [3.05, 3.63) is 17.7 Å². The highest BCUT2D eigenvalue weighted by Crippen LogP contribution is 2.14. The largest absolute Gasteiger partial charge is 0.353 e. The number of Topliss-reactive ketones (excluding diaryl/α,β-unsaturated/α-hetero) is 1. The van der Waals surface area contributed by atoms with Gasteiger partial charge in [0.25, 0.3) is 0 Å². The number of ketones is 1. The number of hydrogen-bond donors (Lipinski definition) is 0. The first-order chi connectivity index (χ1) is 9.18. The lowest BCUT2D eigenvalue weighted by Crippen LogP contribution is -2.22. The van der Waals surface area contributed by atoms with Crippen molar-refractivity contribution in [3.63, 3.8) is 0 Å². The summed E-state index contributed by atoms with van der Waals surface area (Å²) in [6, 6.07) is 0. The molecule has 1 atom stereocenters. The van der Waals surface area contributed by atoms with Crippen LogP contribution in [0.25, 0.3) is 0 Å². The second-order valence-corrected chi connectivity index (χ2v) is 4.98. The van der Waals surface area contributed by atoms with Crippen molar-refractivity contribution in [3.8, 4) is 0 Å². The third-order valence-corrected chi connectivity index (χ3v) is 3.49. The number of carbonyl (C=O) groups excluding carboxylic acids is 1. The van der Waals surface area contributed by atoms with Gasteiger partial charge in [-0.3, -0.25) is 4.79 Å². The van der Waals surface area contributed by atoms with E-state index >= 15 is 0 Å². The molecule has 2 rings (SSSR count). The molecule has 0 aliphatic carbocycles. The van der Waals surface area contributed by atoms with Gasteiger partial charge in [-0.15, -0.1) is 0 Å². The van der Waals surface area contributed by atoms with E-state index in [1.54, 1.807) is 6.33 Å². The van der Waals surface area contributed by atoms with Crippen LogP contribution in [0.3, 0.4) is 0 Å². The van der Waals surface area contributed by atoms with E-state index in [-0.39, 0.29) is 12.1 Å². The van der Waals surface area contributed by atoms with Crippen molar-refractivity contribution in [2.24, 2.45) is 7.05 Å². The molecular weight excluding hydrogens is 244 g/mol. The van der Waals surface area contributed by atoms with Crippen LogP contribution in [0.2, 0.25) is 0 Å². The van der Waals surface area contributed by atoms with Crippen LogP contribution >= 0.6 is 0 Å². The van der Waals surface area contributed by atoms with Gasteiger partial charge in [0.2, 0.25) is 0 Å². The normalized spacial score (nSPS) is 19.6. The van der Waals surface area contributed by atoms with Crippen molar-refractivity contribution in [1.82, 2.24) is 9.55 Å². The Labute approximate surface area is 113 Å². The third-order valence-electron chi connectivity index (χ3n) is 3.49. The van der Waals surface area contributed by atoms with E-state index in [1.807, 2.05) is 18.5 Å². The average Bonchev–Trinajstić information content (AvgIpc) is 2.76. The van der Waals surface area contributed by atoms with Crippen molar-refractivity contribution >= 4 is 5.78 Å². The lowest BCUT2D eigenvalue weighted by molar-refractivity contribution is -0.162. The summed E-state index contributed by atoms with van der Waals surface area (Å²) in [5.74, 6) is 0.0891. The molecule has 1 unspecified atom stereocenters. The van der Waals surface area contributed by atoms with Gasteiger partial charge in [0.05, 0.1) is 12.9 Å². The summed E-state index contributed by atoms with van der Waals surface area (Å²) >= 11 is 0. The SMILES string of the molecule is Cc1c(C(=O)CCCOC2CCCCO2)ncn1C. The Morgan fingerprint density at radius 2 is 2.42 bits per heavy atom. The maximum Gasteiger partial charge on any atom is 0.183 e. The highest BCUT2D eigenvalue weighted by atomic mass is 16.7. The summed E-state index contributed by atoms with van der Waals surface area (Å²) < 4.78 is 12.9. The van der Waals surface area contributed by atoms with Gasteiger partial charge < -0.3 is 14.0 Å². The fourth-order valence-corrected chi connectivity index (χ4v) is 2.17. The van der Waals surface area contributed by atoms with E-state index in [2.05, 4.69) is 4.98 Å². The van der Waals surface area contributed by atoms with Crippen LogP contribution in [0.1, 0.15) is 48.3 Å². The molecule has 1 aromatic rings. The van der Waals surface area contributed by atoms with Crippen LogP contribution in [0.15, 0.2) is 6.33 Å². The Morgan fingerprint density at radius 1 is 1.58 bits per heavy atom. The number of carbonyl (C=O) groups is 1. The van der Waals surface area contributed by atoms with Crippen molar-refractivity contribution < 1.29 is 14.3 Å². The maximum absolute atomic E-state index is 12.0. The quantitative estimate of drug-likeness (QED) is 0.585. The first-order valence-corrected chi connectivity index (χ1v) is 6.93. The van der Waals surface area contributed by atoms with E-state index in [1.165, 1.54) is 0 Å². The third kappa shape index (κ3) is 3.88. The number of imidazole rings is 1. The average molecular weight is 266 g/mol. The molecule has 5 heteroatoms. The Morgan fingerprint density at radius 3 is 3.05 bits per heavy atom. The van der Waals surface area contributed by atoms with E-state index in [4.69, 9.17) is 9.47 Å².